The summed E-state index contributed by atoms with van der Waals surface area (Å²) in [6.45, 7) is 19.2. The largest absolute Gasteiger partial charge is 0.0654 e. The molecule has 0 bridgehead atoms. The normalized spacial score (nSPS) is 12.3. The fourth-order valence-electron chi connectivity index (χ4n) is 8.17. The third-order valence-electron chi connectivity index (χ3n) is 10.8. The first kappa shape index (κ1) is 37.9. The number of benzene rings is 2. The second kappa shape index (κ2) is 20.6. The summed E-state index contributed by atoms with van der Waals surface area (Å²) in [7, 11) is 0. The molecule has 0 heteroatoms. The zero-order valence-corrected chi connectivity index (χ0v) is 31.5. The van der Waals surface area contributed by atoms with E-state index < -0.39 is 0 Å². The van der Waals surface area contributed by atoms with E-state index >= 15 is 0 Å². The van der Waals surface area contributed by atoms with Crippen LogP contribution < -0.4 is 0 Å². The van der Waals surface area contributed by atoms with E-state index in [1.54, 1.807) is 66.8 Å². The van der Waals surface area contributed by atoms with Crippen LogP contribution in [0.2, 0.25) is 0 Å². The van der Waals surface area contributed by atoms with Gasteiger partial charge in [-0.3, -0.25) is 0 Å². The van der Waals surface area contributed by atoms with Gasteiger partial charge in [0, 0.05) is 6.42 Å². The fraction of sp³-hybridized carbons (Fsp3) is 0.711. The highest BCUT2D eigenvalue weighted by atomic mass is 14.4. The van der Waals surface area contributed by atoms with Crippen LogP contribution in [0, 0.1) is 6.42 Å². The lowest BCUT2D eigenvalue weighted by Gasteiger charge is -2.27. The molecule has 1 aliphatic rings. The molecule has 1 aliphatic carbocycles. The minimum atomic E-state index is 1.26. The maximum atomic E-state index is 2.80. The Morgan fingerprint density at radius 3 is 0.711 bits per heavy atom. The van der Waals surface area contributed by atoms with Crippen molar-refractivity contribution in [2.45, 2.75) is 209 Å². The van der Waals surface area contributed by atoms with Gasteiger partial charge in [0.1, 0.15) is 0 Å². The molecule has 0 heterocycles. The predicted molar refractivity (Wildman–Crippen MR) is 203 cm³/mol. The van der Waals surface area contributed by atoms with Gasteiger partial charge in [-0.1, -0.05) is 107 Å². The molecule has 0 saturated carbocycles. The number of unbranched alkanes of at least 4 members (excludes halogenated alkanes) is 8. The Bertz CT molecular complexity index is 1070. The van der Waals surface area contributed by atoms with Crippen molar-refractivity contribution in [3.05, 3.63) is 62.1 Å². The first-order valence-electron chi connectivity index (χ1n) is 20.3. The van der Waals surface area contributed by atoms with Crippen LogP contribution in [-0.2, 0) is 51.4 Å². The van der Waals surface area contributed by atoms with Crippen LogP contribution in [0.1, 0.15) is 214 Å². The predicted octanol–water partition coefficient (Wildman–Crippen LogP) is 14.0. The third-order valence-corrected chi connectivity index (χ3v) is 10.8. The molecule has 45 heavy (non-hydrogen) atoms. The van der Waals surface area contributed by atoms with Crippen molar-refractivity contribution in [2.75, 3.05) is 0 Å². The molecule has 0 aromatic heterocycles. The Hall–Kier alpha value is -1.56. The van der Waals surface area contributed by atoms with Gasteiger partial charge in [-0.2, -0.15) is 0 Å². The van der Waals surface area contributed by atoms with E-state index in [1.807, 2.05) is 0 Å². The first-order valence-corrected chi connectivity index (χ1v) is 20.3. The molecule has 2 aromatic rings. The topological polar surface area (TPSA) is 0 Å². The number of fused-ring (bicyclic) bond motifs is 3. The highest BCUT2D eigenvalue weighted by molar-refractivity contribution is 5.91. The summed E-state index contributed by atoms with van der Waals surface area (Å²) in [5, 5.41) is 0. The van der Waals surface area contributed by atoms with Gasteiger partial charge in [-0.05, 0) is 169 Å². The van der Waals surface area contributed by atoms with Gasteiger partial charge >= 0.3 is 0 Å². The summed E-state index contributed by atoms with van der Waals surface area (Å²) in [5.41, 5.74) is 21.1. The lowest BCUT2D eigenvalue weighted by atomic mass is 9.77. The average Bonchev–Trinajstić information content (AvgIpc) is 3.44. The summed E-state index contributed by atoms with van der Waals surface area (Å²) in [4.78, 5) is 0. The minimum absolute atomic E-state index is 1.26. The molecule has 2 aromatic carbocycles. The van der Waals surface area contributed by atoms with Crippen LogP contribution in [0.3, 0.4) is 0 Å². The van der Waals surface area contributed by atoms with Crippen LogP contribution in [0.15, 0.2) is 0 Å². The Morgan fingerprint density at radius 1 is 0.267 bits per heavy atom. The molecule has 3 rings (SSSR count). The summed E-state index contributed by atoms with van der Waals surface area (Å²) < 4.78 is 0. The van der Waals surface area contributed by atoms with E-state index in [4.69, 9.17) is 0 Å². The molecular formula is C45H73. The fourth-order valence-corrected chi connectivity index (χ4v) is 8.17. The van der Waals surface area contributed by atoms with Crippen LogP contribution in [-0.4, -0.2) is 0 Å². The van der Waals surface area contributed by atoms with E-state index in [9.17, 15) is 0 Å². The lowest BCUT2D eigenvalue weighted by molar-refractivity contribution is 0.716. The Balaban J connectivity index is 2.55. The molecule has 0 spiro atoms. The van der Waals surface area contributed by atoms with Gasteiger partial charge < -0.3 is 0 Å². The standard InChI is InChI=1S/C45H73/c1-9-17-25-34-36(27-19-11-3)40(31-23-15-7)44-42(38(34)29-21-13-5)33-43-39(30-22-14-6)35(26-18-10-2)37(28-20-12-4)41(45(43)44)32-24-16-8/h33H,9-32H2,1-8H3. The summed E-state index contributed by atoms with van der Waals surface area (Å²) in [6.07, 6.45) is 33.8. The van der Waals surface area contributed by atoms with Gasteiger partial charge in [0.2, 0.25) is 0 Å². The van der Waals surface area contributed by atoms with Crippen LogP contribution in [0.5, 0.6) is 0 Å². The van der Waals surface area contributed by atoms with E-state index in [0.717, 1.165) is 0 Å². The monoisotopic (exact) mass is 614 g/mol. The summed E-state index contributed by atoms with van der Waals surface area (Å²) in [5.74, 6) is 0. The van der Waals surface area contributed by atoms with Gasteiger partial charge in [0.15, 0.2) is 0 Å². The van der Waals surface area contributed by atoms with Crippen LogP contribution in [0.25, 0.3) is 11.1 Å². The highest BCUT2D eigenvalue weighted by Gasteiger charge is 2.34. The maximum Gasteiger partial charge on any atom is 0.0218 e. The van der Waals surface area contributed by atoms with Crippen LogP contribution in [0.4, 0.5) is 0 Å². The van der Waals surface area contributed by atoms with Crippen molar-refractivity contribution in [1.29, 1.82) is 0 Å². The molecule has 0 saturated heterocycles. The third kappa shape index (κ3) is 9.29. The smallest absolute Gasteiger partial charge is 0.0218 e. The molecule has 0 nitrogen and oxygen atoms in total. The molecule has 0 aliphatic heterocycles. The van der Waals surface area contributed by atoms with Crippen molar-refractivity contribution in [3.8, 4) is 11.1 Å². The molecule has 0 N–H and O–H groups in total. The quantitative estimate of drug-likeness (QED) is 0.0942. The van der Waals surface area contributed by atoms with E-state index in [1.165, 1.54) is 154 Å². The molecule has 0 amide bonds. The molecule has 0 unspecified atom stereocenters. The molecule has 0 fully saturated rings. The van der Waals surface area contributed by atoms with Gasteiger partial charge in [0.25, 0.3) is 0 Å². The van der Waals surface area contributed by atoms with Gasteiger partial charge in [-0.25, -0.2) is 0 Å². The zero-order valence-electron chi connectivity index (χ0n) is 31.5. The first-order chi connectivity index (χ1) is 22.1. The molecular weight excluding hydrogens is 540 g/mol. The van der Waals surface area contributed by atoms with Gasteiger partial charge in [-0.15, -0.1) is 0 Å². The lowest BCUT2D eigenvalue weighted by Crippen LogP contribution is -2.12. The zero-order chi connectivity index (χ0) is 32.6. The van der Waals surface area contributed by atoms with E-state index in [2.05, 4.69) is 61.8 Å². The van der Waals surface area contributed by atoms with Crippen molar-refractivity contribution in [3.63, 3.8) is 0 Å². The second-order valence-corrected chi connectivity index (χ2v) is 14.4. The highest BCUT2D eigenvalue weighted by Crippen LogP contribution is 2.52. The van der Waals surface area contributed by atoms with Gasteiger partial charge in [0.05, 0.1) is 0 Å². The number of rotatable bonds is 24. The number of hydrogen-bond acceptors (Lipinski definition) is 0. The van der Waals surface area contributed by atoms with Crippen molar-refractivity contribution >= 4 is 0 Å². The van der Waals surface area contributed by atoms with E-state index in [0.29, 0.717) is 0 Å². The van der Waals surface area contributed by atoms with E-state index in [-0.39, 0.29) is 0 Å². The Kier molecular flexibility index (Phi) is 17.4. The average molecular weight is 614 g/mol. The van der Waals surface area contributed by atoms with Crippen molar-refractivity contribution in [1.82, 2.24) is 0 Å². The SMILES string of the molecule is CCCCc1c2c(c(CCCC)c(CCCC)c1CCCC)-c1c(c(CCCC)c(CCCC)c(CCCC)c1CCCC)[CH]2. The van der Waals surface area contributed by atoms with Crippen molar-refractivity contribution in [2.24, 2.45) is 0 Å². The summed E-state index contributed by atoms with van der Waals surface area (Å²) in [6, 6.07) is 0. The maximum absolute atomic E-state index is 2.80. The van der Waals surface area contributed by atoms with Crippen molar-refractivity contribution < 1.29 is 0 Å². The van der Waals surface area contributed by atoms with Crippen LogP contribution >= 0.6 is 0 Å². The Labute approximate surface area is 282 Å². The second-order valence-electron chi connectivity index (χ2n) is 14.4. The minimum Gasteiger partial charge on any atom is -0.0654 e. The molecule has 1 radical (unpaired) electrons. The Morgan fingerprint density at radius 2 is 0.467 bits per heavy atom. The summed E-state index contributed by atoms with van der Waals surface area (Å²) >= 11 is 0. The number of hydrogen-bond donors (Lipinski definition) is 0. The molecule has 0 atom stereocenters. The molecule has 253 valence electrons.